The molecule has 0 radical (unpaired) electrons. The van der Waals surface area contributed by atoms with Crippen LogP contribution in [0.15, 0.2) is 18.2 Å². The largest absolute Gasteiger partial charge is 0.477 e. The maximum Gasteiger partial charge on any atom is 0.347 e. The lowest BCUT2D eigenvalue weighted by molar-refractivity contribution is 0.0699. The van der Waals surface area contributed by atoms with Crippen LogP contribution in [0.4, 0.5) is 0 Å². The van der Waals surface area contributed by atoms with Crippen LogP contribution in [-0.4, -0.2) is 16.1 Å². The molecular weight excluding hydrogens is 270 g/mol. The van der Waals surface area contributed by atoms with Crippen molar-refractivity contribution in [2.24, 2.45) is 0 Å². The van der Waals surface area contributed by atoms with Crippen molar-refractivity contribution in [3.63, 3.8) is 0 Å². The predicted molar refractivity (Wildman–Crippen MR) is 82.7 cm³/mol. The Morgan fingerprint density at radius 2 is 1.90 bits per heavy atom. The molecule has 0 saturated carbocycles. The van der Waals surface area contributed by atoms with Gasteiger partial charge in [0.05, 0.1) is 5.69 Å². The van der Waals surface area contributed by atoms with Gasteiger partial charge in [-0.15, -0.1) is 11.3 Å². The average Bonchev–Trinajstić information content (AvgIpc) is 2.77. The molecule has 1 N–H and O–H groups in total. The fourth-order valence-corrected chi connectivity index (χ4v) is 3.27. The summed E-state index contributed by atoms with van der Waals surface area (Å²) in [6, 6.07) is 6.03. The number of carbonyl (C=O) groups is 1. The molecule has 0 aliphatic heterocycles. The Morgan fingerprint density at radius 1 is 1.25 bits per heavy atom. The van der Waals surface area contributed by atoms with Crippen LogP contribution in [0.1, 0.15) is 47.3 Å². The molecule has 0 amide bonds. The second-order valence-electron chi connectivity index (χ2n) is 6.00. The van der Waals surface area contributed by atoms with Crippen molar-refractivity contribution < 1.29 is 9.90 Å². The first-order valence-corrected chi connectivity index (χ1v) is 7.34. The molecule has 1 aromatic heterocycles. The van der Waals surface area contributed by atoms with E-state index in [1.165, 1.54) is 16.9 Å². The summed E-state index contributed by atoms with van der Waals surface area (Å²) in [5.74, 6) is -0.899. The number of aromatic carboxylic acids is 1. The monoisotopic (exact) mass is 289 g/mol. The molecular formula is C16H19NO2S. The van der Waals surface area contributed by atoms with Crippen molar-refractivity contribution in [2.45, 2.75) is 40.0 Å². The first-order chi connectivity index (χ1) is 9.21. The minimum absolute atomic E-state index is 0.278. The van der Waals surface area contributed by atoms with Gasteiger partial charge < -0.3 is 5.11 Å². The number of carboxylic acid groups (broad SMARTS) is 1. The van der Waals surface area contributed by atoms with Gasteiger partial charge in [0.2, 0.25) is 0 Å². The van der Waals surface area contributed by atoms with Gasteiger partial charge in [0, 0.05) is 11.0 Å². The van der Waals surface area contributed by atoms with Crippen molar-refractivity contribution in [1.29, 1.82) is 0 Å². The number of hydrogen-bond acceptors (Lipinski definition) is 3. The smallest absolute Gasteiger partial charge is 0.347 e. The molecule has 0 atom stereocenters. The van der Waals surface area contributed by atoms with Gasteiger partial charge in [0.15, 0.2) is 0 Å². The number of aryl methyl sites for hydroxylation is 1. The van der Waals surface area contributed by atoms with Crippen LogP contribution in [0.25, 0.3) is 10.6 Å². The highest BCUT2D eigenvalue weighted by molar-refractivity contribution is 7.17. The quantitative estimate of drug-likeness (QED) is 0.890. The van der Waals surface area contributed by atoms with Gasteiger partial charge in [0.25, 0.3) is 0 Å². The summed E-state index contributed by atoms with van der Waals surface area (Å²) in [5, 5.41) is 10.2. The third-order valence-electron chi connectivity index (χ3n) is 3.37. The minimum atomic E-state index is -0.899. The van der Waals surface area contributed by atoms with Crippen LogP contribution < -0.4 is 0 Å². The molecule has 1 aromatic carbocycles. The molecule has 2 rings (SSSR count). The molecule has 0 aliphatic carbocycles. The van der Waals surface area contributed by atoms with E-state index in [0.717, 1.165) is 16.1 Å². The van der Waals surface area contributed by atoms with Crippen LogP contribution >= 0.6 is 11.3 Å². The zero-order chi connectivity index (χ0) is 15.1. The molecule has 4 heteroatoms. The van der Waals surface area contributed by atoms with Crippen molar-refractivity contribution in [1.82, 2.24) is 4.98 Å². The maximum atomic E-state index is 11.4. The molecule has 106 valence electrons. The molecule has 0 bridgehead atoms. The summed E-state index contributed by atoms with van der Waals surface area (Å²) >= 11 is 1.26. The molecule has 0 aliphatic rings. The molecule has 3 nitrogen and oxygen atoms in total. The minimum Gasteiger partial charge on any atom is -0.477 e. The summed E-state index contributed by atoms with van der Waals surface area (Å²) < 4.78 is 0. The predicted octanol–water partition coefficient (Wildman–Crippen LogP) is 4.42. The Balaban J connectivity index is 2.65. The Bertz CT molecular complexity index is 666. The van der Waals surface area contributed by atoms with Gasteiger partial charge in [-0.3, -0.25) is 0 Å². The Morgan fingerprint density at radius 3 is 2.40 bits per heavy atom. The molecule has 0 saturated heterocycles. The van der Waals surface area contributed by atoms with Crippen LogP contribution in [0, 0.1) is 13.8 Å². The number of hydrogen-bond donors (Lipinski definition) is 1. The first-order valence-electron chi connectivity index (χ1n) is 6.53. The van der Waals surface area contributed by atoms with E-state index in [0.29, 0.717) is 10.6 Å². The molecule has 0 spiro atoms. The summed E-state index contributed by atoms with van der Waals surface area (Å²) in [6.45, 7) is 10.1. The molecule has 0 fully saturated rings. The molecule has 0 unspecified atom stereocenters. The number of carboxylic acids is 1. The van der Waals surface area contributed by atoms with Gasteiger partial charge in [-0.2, -0.15) is 0 Å². The third kappa shape index (κ3) is 2.61. The standard InChI is InChI=1S/C16H19NO2S/c1-9-7-6-8-11(10(9)2)14-17-13(16(3,4)5)12(20-14)15(18)19/h6-8H,1-5H3,(H,18,19). The van der Waals surface area contributed by atoms with Crippen LogP contribution in [-0.2, 0) is 5.41 Å². The zero-order valence-electron chi connectivity index (χ0n) is 12.4. The number of benzene rings is 1. The van der Waals surface area contributed by atoms with Gasteiger partial charge in [-0.1, -0.05) is 39.0 Å². The van der Waals surface area contributed by atoms with E-state index >= 15 is 0 Å². The Hall–Kier alpha value is -1.68. The summed E-state index contributed by atoms with van der Waals surface area (Å²) in [6.07, 6.45) is 0. The fraction of sp³-hybridized carbons (Fsp3) is 0.375. The summed E-state index contributed by atoms with van der Waals surface area (Å²) in [4.78, 5) is 16.4. The van der Waals surface area contributed by atoms with Crippen molar-refractivity contribution >= 4 is 17.3 Å². The SMILES string of the molecule is Cc1cccc(-c2nc(C(C)(C)C)c(C(=O)O)s2)c1C. The number of aromatic nitrogens is 1. The normalized spacial score (nSPS) is 11.7. The number of rotatable bonds is 2. The van der Waals surface area contributed by atoms with Crippen molar-refractivity contribution in [3.8, 4) is 10.6 Å². The summed E-state index contributed by atoms with van der Waals surface area (Å²) in [5.41, 5.74) is 3.74. The van der Waals surface area contributed by atoms with Crippen LogP contribution in [0.2, 0.25) is 0 Å². The second kappa shape index (κ2) is 5.02. The van der Waals surface area contributed by atoms with E-state index < -0.39 is 5.97 Å². The molecule has 2 aromatic rings. The second-order valence-corrected chi connectivity index (χ2v) is 7.00. The number of nitrogens with zero attached hydrogens (tertiary/aromatic N) is 1. The van der Waals surface area contributed by atoms with Gasteiger partial charge in [-0.25, -0.2) is 9.78 Å². The van der Waals surface area contributed by atoms with E-state index in [4.69, 9.17) is 0 Å². The zero-order valence-corrected chi connectivity index (χ0v) is 13.3. The van der Waals surface area contributed by atoms with Gasteiger partial charge in [-0.05, 0) is 25.0 Å². The number of thiazole rings is 1. The Kier molecular flexibility index (Phi) is 3.69. The molecule has 1 heterocycles. The lowest BCUT2D eigenvalue weighted by atomic mass is 9.91. The maximum absolute atomic E-state index is 11.4. The highest BCUT2D eigenvalue weighted by atomic mass is 32.1. The van der Waals surface area contributed by atoms with Crippen molar-refractivity contribution in [2.75, 3.05) is 0 Å². The van der Waals surface area contributed by atoms with E-state index in [2.05, 4.69) is 18.0 Å². The van der Waals surface area contributed by atoms with E-state index in [1.807, 2.05) is 39.8 Å². The van der Waals surface area contributed by atoms with Gasteiger partial charge in [0.1, 0.15) is 9.88 Å². The molecule has 20 heavy (non-hydrogen) atoms. The van der Waals surface area contributed by atoms with E-state index in [1.54, 1.807) is 0 Å². The average molecular weight is 289 g/mol. The van der Waals surface area contributed by atoms with E-state index in [-0.39, 0.29) is 5.41 Å². The first kappa shape index (κ1) is 14.7. The van der Waals surface area contributed by atoms with Crippen LogP contribution in [0.3, 0.4) is 0 Å². The van der Waals surface area contributed by atoms with Crippen LogP contribution in [0.5, 0.6) is 0 Å². The van der Waals surface area contributed by atoms with Gasteiger partial charge >= 0.3 is 5.97 Å². The van der Waals surface area contributed by atoms with E-state index in [9.17, 15) is 9.90 Å². The fourth-order valence-electron chi connectivity index (χ4n) is 2.07. The lowest BCUT2D eigenvalue weighted by Crippen LogP contribution is -2.16. The highest BCUT2D eigenvalue weighted by Gasteiger charge is 2.27. The third-order valence-corrected chi connectivity index (χ3v) is 4.44. The highest BCUT2D eigenvalue weighted by Crippen LogP contribution is 2.36. The lowest BCUT2D eigenvalue weighted by Gasteiger charge is -2.16. The topological polar surface area (TPSA) is 50.2 Å². The van der Waals surface area contributed by atoms with Crippen molar-refractivity contribution in [3.05, 3.63) is 39.9 Å². The summed E-state index contributed by atoms with van der Waals surface area (Å²) in [7, 11) is 0. The Labute approximate surface area is 123 Å².